The lowest BCUT2D eigenvalue weighted by molar-refractivity contribution is 1.18. The number of hydrogen-bond acceptors (Lipinski definition) is 0. The van der Waals surface area contributed by atoms with Crippen molar-refractivity contribution in [3.8, 4) is 0 Å². The fourth-order valence-corrected chi connectivity index (χ4v) is 11.7. The third-order valence-corrected chi connectivity index (χ3v) is 18.4. The quantitative estimate of drug-likeness (QED) is 0.0903. The first-order chi connectivity index (χ1) is 25.9. The topological polar surface area (TPSA) is 0 Å². The summed E-state index contributed by atoms with van der Waals surface area (Å²) in [6.45, 7) is 0. The molecule has 0 aliphatic carbocycles. The summed E-state index contributed by atoms with van der Waals surface area (Å²) in [5.74, 6) is -0.530. The normalized spacial score (nSPS) is 11.9. The van der Waals surface area contributed by atoms with E-state index in [0.29, 0.717) is 0 Å². The molecule has 5 rings (SSSR count). The van der Waals surface area contributed by atoms with E-state index in [1.165, 1.54) is 0 Å². The maximum Gasteiger partial charge on any atom is 0.0809 e. The molecule has 2 radical (unpaired) electrons. The van der Waals surface area contributed by atoms with Gasteiger partial charge < -0.3 is 0 Å². The van der Waals surface area contributed by atoms with Gasteiger partial charge in [-0.15, -0.1) is 0 Å². The van der Waals surface area contributed by atoms with E-state index >= 15 is 0 Å². The van der Waals surface area contributed by atoms with Gasteiger partial charge >= 0.3 is 0 Å². The Morgan fingerprint density at radius 3 is 0.357 bits per heavy atom. The van der Waals surface area contributed by atoms with E-state index in [4.69, 9.17) is 278 Å². The second-order valence-corrected chi connectivity index (χ2v) is 19.6. The van der Waals surface area contributed by atoms with E-state index in [0.717, 1.165) is 0 Å². The van der Waals surface area contributed by atoms with Crippen LogP contribution in [-0.4, -0.2) is 0 Å². The molecule has 0 fully saturated rings. The van der Waals surface area contributed by atoms with Crippen molar-refractivity contribution in [1.29, 1.82) is 0 Å². The van der Waals surface area contributed by atoms with Gasteiger partial charge in [-0.05, 0) is 0 Å². The molecule has 0 spiro atoms. The summed E-state index contributed by atoms with van der Waals surface area (Å²) in [5, 5.41) is -7.54. The second kappa shape index (κ2) is 19.3. The SMILES string of the molecule is Clc1c(Cl)c(Cl)c([C](c2c(Cl)c(Cl)c(Cl)c(Cl)c2Cl)c2c(Cl)c(Cl)c(Cl)c([C](c3c(Cl)c(Cl)c(Cl)c(Cl)c3Cl)c3c(Cl)c(Cl)c(Cl)c(Cl)c3Cl)c2Cl)c(Cl)c1Cl. The van der Waals surface area contributed by atoms with Gasteiger partial charge in [0.15, 0.2) is 0 Å². The summed E-state index contributed by atoms with van der Waals surface area (Å²) in [4.78, 5) is 0. The summed E-state index contributed by atoms with van der Waals surface area (Å²) in [6.07, 6.45) is 0. The van der Waals surface area contributed by atoms with E-state index < -0.39 is 20.1 Å². The molecule has 0 saturated carbocycles. The van der Waals surface area contributed by atoms with E-state index in [2.05, 4.69) is 0 Å². The molecule has 5 aromatic rings. The van der Waals surface area contributed by atoms with Crippen LogP contribution >= 0.6 is 278 Å². The van der Waals surface area contributed by atoms with Gasteiger partial charge in [0.1, 0.15) is 0 Å². The lowest BCUT2D eigenvalue weighted by atomic mass is 9.79. The highest BCUT2D eigenvalue weighted by Crippen LogP contribution is 2.61. The molecule has 0 saturated heterocycles. The molecule has 0 amide bonds. The van der Waals surface area contributed by atoms with Crippen LogP contribution in [0.3, 0.4) is 0 Å². The van der Waals surface area contributed by atoms with Crippen molar-refractivity contribution in [2.45, 2.75) is 0 Å². The molecule has 0 heterocycles. The third-order valence-electron chi connectivity index (χ3n) is 7.60. The molecule has 0 aliphatic heterocycles. The minimum absolute atomic E-state index is 0.233. The second-order valence-electron chi connectivity index (χ2n) is 10.5. The van der Waals surface area contributed by atoms with E-state index in [-0.39, 0.29) is 146 Å². The minimum atomic E-state index is -0.443. The Labute approximate surface area is 438 Å². The highest BCUT2D eigenvalue weighted by Gasteiger charge is 2.42. The summed E-state index contributed by atoms with van der Waals surface area (Å²) in [7, 11) is 0. The first-order valence-corrected chi connectivity index (χ1v) is 22.6. The Kier molecular flexibility index (Phi) is 17.2. The molecule has 24 heteroatoms. The van der Waals surface area contributed by atoms with E-state index in [9.17, 15) is 0 Å². The maximum atomic E-state index is 7.46. The van der Waals surface area contributed by atoms with Crippen molar-refractivity contribution < 1.29 is 0 Å². The fraction of sp³-hybridized carbons (Fsp3) is 0. The van der Waals surface area contributed by atoms with Crippen molar-refractivity contribution in [2.24, 2.45) is 0 Å². The van der Waals surface area contributed by atoms with E-state index in [1.807, 2.05) is 0 Å². The Morgan fingerprint density at radius 1 is 0.125 bits per heavy atom. The van der Waals surface area contributed by atoms with Crippen molar-refractivity contribution in [3.63, 3.8) is 0 Å². The Hall–Kier alpha value is 3.06. The van der Waals surface area contributed by atoms with Crippen molar-refractivity contribution in [2.75, 3.05) is 0 Å². The molecule has 0 bridgehead atoms. The highest BCUT2D eigenvalue weighted by atomic mass is 35.5. The van der Waals surface area contributed by atoms with Crippen LogP contribution in [0.1, 0.15) is 33.4 Å². The molecule has 56 heavy (non-hydrogen) atoms. The molecular formula is C32Cl24. The van der Waals surface area contributed by atoms with Crippen LogP contribution in [0.15, 0.2) is 0 Å². The van der Waals surface area contributed by atoms with Crippen LogP contribution in [0, 0.1) is 11.8 Å². The Bertz CT molecular complexity index is 2120. The van der Waals surface area contributed by atoms with Crippen LogP contribution in [-0.2, 0) is 0 Å². The average Bonchev–Trinajstić information content (AvgIpc) is 3.16. The van der Waals surface area contributed by atoms with Gasteiger partial charge in [0.05, 0.1) is 132 Å². The molecule has 296 valence electrons. The molecular weight excluding hydrogens is 1240 g/mol. The molecule has 0 aliphatic rings. The lowest BCUT2D eigenvalue weighted by Crippen LogP contribution is -2.16. The molecule has 0 N–H and O–H groups in total. The molecule has 0 unspecified atom stereocenters. The lowest BCUT2D eigenvalue weighted by Gasteiger charge is -2.31. The van der Waals surface area contributed by atoms with Crippen LogP contribution in [0.25, 0.3) is 0 Å². The van der Waals surface area contributed by atoms with Crippen LogP contribution in [0.4, 0.5) is 0 Å². The van der Waals surface area contributed by atoms with Gasteiger partial charge in [-0.2, -0.15) is 0 Å². The minimum Gasteiger partial charge on any atom is -0.0835 e. The van der Waals surface area contributed by atoms with Crippen molar-refractivity contribution in [1.82, 2.24) is 0 Å². The molecule has 5 aromatic carbocycles. The smallest absolute Gasteiger partial charge is 0.0809 e. The summed E-state index contributed by atoms with van der Waals surface area (Å²) in [6, 6.07) is 0. The first kappa shape index (κ1) is 50.1. The predicted molar refractivity (Wildman–Crippen MR) is 254 cm³/mol. The predicted octanol–water partition coefficient (Wildman–Crippen LogP) is 23.4. The third kappa shape index (κ3) is 8.29. The summed E-state index contributed by atoms with van der Waals surface area (Å²) < 4.78 is 0. The van der Waals surface area contributed by atoms with Gasteiger partial charge in [-0.1, -0.05) is 278 Å². The van der Waals surface area contributed by atoms with Crippen LogP contribution in [0.2, 0.25) is 121 Å². The largest absolute Gasteiger partial charge is 0.0835 e. The zero-order valence-corrected chi connectivity index (χ0v) is 43.2. The van der Waals surface area contributed by atoms with Crippen molar-refractivity contribution >= 4 is 278 Å². The zero-order chi connectivity index (χ0) is 42.5. The molecule has 0 aromatic heterocycles. The van der Waals surface area contributed by atoms with Gasteiger partial charge in [0.2, 0.25) is 0 Å². The maximum absolute atomic E-state index is 7.46. The first-order valence-electron chi connectivity index (χ1n) is 13.5. The van der Waals surface area contributed by atoms with Gasteiger partial charge in [0.25, 0.3) is 0 Å². The summed E-state index contributed by atoms with van der Waals surface area (Å²) in [5.41, 5.74) is -1.54. The average molecular weight is 1240 g/mol. The standard InChI is InChI=1S/C32Cl24/c33-9-3(1(5-12(36)21(45)29(53)22(46)13(5)37)6-14(38)23(47)30(54)24(48)15(6)39)10(34)20(44)11(35)4(9)2(7-16(40)25(49)31(55)26(50)17(7)41)8-18(42)27(51)32(56)28(52)19(8)43. The highest BCUT2D eigenvalue weighted by molar-refractivity contribution is 6.60. The van der Waals surface area contributed by atoms with E-state index in [1.54, 1.807) is 0 Å². The number of halogens is 24. The number of hydrogen-bond donors (Lipinski definition) is 0. The monoisotopic (exact) mass is 1220 g/mol. The van der Waals surface area contributed by atoms with Crippen molar-refractivity contribution in [3.05, 3.63) is 166 Å². The molecule has 0 nitrogen and oxygen atoms in total. The fourth-order valence-electron chi connectivity index (χ4n) is 5.12. The van der Waals surface area contributed by atoms with Gasteiger partial charge in [-0.3, -0.25) is 0 Å². The zero-order valence-electron chi connectivity index (χ0n) is 25.1. The van der Waals surface area contributed by atoms with Gasteiger partial charge in [0, 0.05) is 33.4 Å². The Balaban J connectivity index is 2.15. The number of rotatable bonds is 6. The van der Waals surface area contributed by atoms with Crippen LogP contribution < -0.4 is 0 Å². The summed E-state index contributed by atoms with van der Waals surface area (Å²) >= 11 is 162. The van der Waals surface area contributed by atoms with Crippen LogP contribution in [0.5, 0.6) is 0 Å². The van der Waals surface area contributed by atoms with Gasteiger partial charge in [-0.25, -0.2) is 0 Å². The Morgan fingerprint density at radius 2 is 0.214 bits per heavy atom. The molecule has 0 atom stereocenters. The number of benzene rings is 5.